The van der Waals surface area contributed by atoms with Gasteiger partial charge in [0.25, 0.3) is 0 Å². The Kier molecular flexibility index (Phi) is 6.40. The predicted molar refractivity (Wildman–Crippen MR) is 50.6 cm³/mol. The van der Waals surface area contributed by atoms with Gasteiger partial charge in [-0.15, -0.1) is 0 Å². The number of carbonyl (C=O) groups excluding carboxylic acids is 1. The summed E-state index contributed by atoms with van der Waals surface area (Å²) in [5.41, 5.74) is 0. The van der Waals surface area contributed by atoms with Crippen molar-refractivity contribution in [3.05, 3.63) is 7.21 Å². The number of halogens is 3. The summed E-state index contributed by atoms with van der Waals surface area (Å²) >= 11 is 10.6. The summed E-state index contributed by atoms with van der Waals surface area (Å²) in [4.78, 5) is 9.73. The molecule has 0 heterocycles. The Morgan fingerprint density at radius 1 is 1.44 bits per heavy atom. The van der Waals surface area contributed by atoms with Gasteiger partial charge in [-0.2, -0.15) is 0 Å². The average molecular weight is 340 g/mol. The van der Waals surface area contributed by atoms with E-state index in [2.05, 4.69) is 52.5 Å². The Labute approximate surface area is 82.4 Å². The number of hydrogen-bond donors (Lipinski definition) is 1. The van der Waals surface area contributed by atoms with E-state index in [-0.39, 0.29) is 0 Å². The Morgan fingerprint density at radius 3 is 2.33 bits per heavy atom. The van der Waals surface area contributed by atoms with Crippen LogP contribution in [0.5, 0.6) is 0 Å². The van der Waals surface area contributed by atoms with Crippen LogP contribution < -0.4 is 4.72 Å². The van der Waals surface area contributed by atoms with Crippen molar-refractivity contribution in [2.24, 2.45) is 0 Å². The molecule has 0 radical (unpaired) electrons. The minimum Gasteiger partial charge on any atom is -0.298 e. The normalized spacial score (nSPS) is 8.33. The van der Waals surface area contributed by atoms with Crippen molar-refractivity contribution in [1.82, 2.24) is 4.72 Å². The quantitative estimate of drug-likeness (QED) is 0.632. The van der Waals surface area contributed by atoms with Gasteiger partial charge in [0.15, 0.2) is 0 Å². The zero-order valence-corrected chi connectivity index (χ0v) is 9.60. The lowest BCUT2D eigenvalue weighted by atomic mass is 11.3. The first-order chi connectivity index (χ1) is 4.18. The Morgan fingerprint density at radius 2 is 2.00 bits per heavy atom. The molecule has 0 fully saturated rings. The third-order valence-corrected chi connectivity index (χ3v) is 4.21. The van der Waals surface area contributed by atoms with Gasteiger partial charge in [0.1, 0.15) is 0 Å². The van der Waals surface area contributed by atoms with Gasteiger partial charge in [-0.1, -0.05) is 0 Å². The molecule has 0 aromatic heterocycles. The molecule has 0 aromatic rings. The van der Waals surface area contributed by atoms with Crippen molar-refractivity contribution in [2.45, 2.75) is 0 Å². The van der Waals surface area contributed by atoms with Crippen LogP contribution in [0.1, 0.15) is 0 Å². The van der Waals surface area contributed by atoms with Crippen molar-refractivity contribution >= 4 is 66.1 Å². The molecule has 6 heteroatoms. The molecular weight excluding hydrogens is 338 g/mol. The summed E-state index contributed by atoms with van der Waals surface area (Å²) in [5.74, 6) is 0. The van der Waals surface area contributed by atoms with E-state index in [0.29, 0.717) is 6.41 Å². The van der Waals surface area contributed by atoms with E-state index in [1.165, 1.54) is 11.9 Å². The number of rotatable bonds is 3. The standard InChI is InChI=1S/C3H2Br3NOS/c4-2(5)3(6)9-7-1-8/h1H,(H,7,8). The maximum absolute atomic E-state index is 9.73. The van der Waals surface area contributed by atoms with Crippen LogP contribution >= 0.6 is 59.7 Å². The molecule has 0 unspecified atom stereocenters. The molecule has 2 nitrogen and oxygen atoms in total. The van der Waals surface area contributed by atoms with Crippen molar-refractivity contribution in [1.29, 1.82) is 0 Å². The molecule has 1 N–H and O–H groups in total. The van der Waals surface area contributed by atoms with Crippen LogP contribution in [0, 0.1) is 0 Å². The Bertz CT molecular complexity index is 133. The second-order valence-corrected chi connectivity index (χ2v) is 5.69. The average Bonchev–Trinajstić information content (AvgIpc) is 1.82. The number of carbonyl (C=O) groups is 1. The highest BCUT2D eigenvalue weighted by atomic mass is 79.9. The van der Waals surface area contributed by atoms with Gasteiger partial charge in [-0.3, -0.25) is 9.52 Å². The monoisotopic (exact) mass is 337 g/mol. The van der Waals surface area contributed by atoms with Crippen molar-refractivity contribution in [3.63, 3.8) is 0 Å². The fraction of sp³-hybridized carbons (Fsp3) is 0. The first kappa shape index (κ1) is 10.0. The highest BCUT2D eigenvalue weighted by molar-refractivity contribution is 9.29. The molecule has 9 heavy (non-hydrogen) atoms. The first-order valence-electron chi connectivity index (χ1n) is 1.75. The van der Waals surface area contributed by atoms with Crippen molar-refractivity contribution < 1.29 is 4.79 Å². The molecule has 1 amide bonds. The number of nitrogens with one attached hydrogen (secondary N) is 1. The van der Waals surface area contributed by atoms with Crippen molar-refractivity contribution in [2.75, 3.05) is 0 Å². The van der Waals surface area contributed by atoms with E-state index in [1.54, 1.807) is 0 Å². The summed E-state index contributed by atoms with van der Waals surface area (Å²) in [7, 11) is 0. The minimum atomic E-state index is 0.606. The van der Waals surface area contributed by atoms with Crippen LogP contribution in [0.2, 0.25) is 0 Å². The Hall–Kier alpha value is 1.000. The predicted octanol–water partition coefficient (Wildman–Crippen LogP) is 2.69. The first-order valence-corrected chi connectivity index (χ1v) is 4.95. The van der Waals surface area contributed by atoms with Gasteiger partial charge in [0.2, 0.25) is 6.41 Å². The second-order valence-electron chi connectivity index (χ2n) is 0.872. The fourth-order valence-corrected chi connectivity index (χ4v) is 1.11. The molecule has 0 rings (SSSR count). The smallest absolute Gasteiger partial charge is 0.217 e. The van der Waals surface area contributed by atoms with Gasteiger partial charge in [0.05, 0.1) is 7.21 Å². The Balaban J connectivity index is 3.62. The molecule has 52 valence electrons. The van der Waals surface area contributed by atoms with Crippen LogP contribution in [0.4, 0.5) is 0 Å². The van der Waals surface area contributed by atoms with Gasteiger partial charge >= 0.3 is 0 Å². The third kappa shape index (κ3) is 5.44. The van der Waals surface area contributed by atoms with E-state index >= 15 is 0 Å². The molecule has 0 atom stereocenters. The van der Waals surface area contributed by atoms with Crippen LogP contribution in [-0.4, -0.2) is 6.41 Å². The highest BCUT2D eigenvalue weighted by Crippen LogP contribution is 2.30. The highest BCUT2D eigenvalue weighted by Gasteiger charge is 1.95. The van der Waals surface area contributed by atoms with Gasteiger partial charge in [-0.25, -0.2) is 0 Å². The molecule has 0 saturated heterocycles. The number of amides is 1. The van der Waals surface area contributed by atoms with E-state index in [9.17, 15) is 4.79 Å². The molecule has 0 aliphatic heterocycles. The molecule has 0 spiro atoms. The van der Waals surface area contributed by atoms with Gasteiger partial charge in [0, 0.05) is 0 Å². The largest absolute Gasteiger partial charge is 0.298 e. The second kappa shape index (κ2) is 5.76. The molecule has 0 saturated carbocycles. The van der Waals surface area contributed by atoms with E-state index in [0.717, 1.165) is 7.21 Å². The zero-order valence-electron chi connectivity index (χ0n) is 4.03. The van der Waals surface area contributed by atoms with E-state index < -0.39 is 0 Å². The zero-order chi connectivity index (χ0) is 7.28. The van der Waals surface area contributed by atoms with Gasteiger partial charge < -0.3 is 0 Å². The topological polar surface area (TPSA) is 29.1 Å². The fourth-order valence-electron chi connectivity index (χ4n) is 0.114. The third-order valence-electron chi connectivity index (χ3n) is 0.345. The van der Waals surface area contributed by atoms with Crippen LogP contribution in [-0.2, 0) is 4.79 Å². The molecule has 0 aromatic carbocycles. The SMILES string of the molecule is O=CNSC(Br)=C(Br)Br. The van der Waals surface area contributed by atoms with E-state index in [4.69, 9.17) is 0 Å². The summed E-state index contributed by atoms with van der Waals surface area (Å²) in [6.07, 6.45) is 0.606. The van der Waals surface area contributed by atoms with Crippen LogP contribution in [0.25, 0.3) is 0 Å². The number of hydrogen-bond acceptors (Lipinski definition) is 2. The van der Waals surface area contributed by atoms with Crippen LogP contribution in [0.15, 0.2) is 7.21 Å². The van der Waals surface area contributed by atoms with E-state index in [1.807, 2.05) is 0 Å². The lowest BCUT2D eigenvalue weighted by Crippen LogP contribution is -1.95. The van der Waals surface area contributed by atoms with Gasteiger partial charge in [-0.05, 0) is 59.7 Å². The molecule has 0 aliphatic rings. The molecular formula is C3H2Br3NOS. The lowest BCUT2D eigenvalue weighted by Gasteiger charge is -1.93. The summed E-state index contributed by atoms with van der Waals surface area (Å²) < 4.78 is 3.96. The summed E-state index contributed by atoms with van der Waals surface area (Å²) in [5, 5.41) is 0. The van der Waals surface area contributed by atoms with Crippen LogP contribution in [0.3, 0.4) is 0 Å². The maximum Gasteiger partial charge on any atom is 0.217 e. The van der Waals surface area contributed by atoms with Crippen molar-refractivity contribution in [3.8, 4) is 0 Å². The summed E-state index contributed by atoms with van der Waals surface area (Å²) in [6, 6.07) is 0. The molecule has 0 bridgehead atoms. The maximum atomic E-state index is 9.73. The minimum absolute atomic E-state index is 0.606. The molecule has 0 aliphatic carbocycles. The lowest BCUT2D eigenvalue weighted by molar-refractivity contribution is -0.107. The summed E-state index contributed by atoms with van der Waals surface area (Å²) in [6.45, 7) is 0.